The summed E-state index contributed by atoms with van der Waals surface area (Å²) in [5.41, 5.74) is 0. The van der Waals surface area contributed by atoms with Gasteiger partial charge in [0.05, 0.1) is 6.61 Å². The lowest BCUT2D eigenvalue weighted by atomic mass is 9.99. The second-order valence-electron chi connectivity index (χ2n) is 2.93. The fourth-order valence-electron chi connectivity index (χ4n) is 1.35. The molecular weight excluding hydrogens is 180 g/mol. The molecule has 0 radical (unpaired) electrons. The van der Waals surface area contributed by atoms with Crippen LogP contribution in [0.4, 0.5) is 0 Å². The van der Waals surface area contributed by atoms with Crippen LogP contribution in [-0.4, -0.2) is 64.8 Å². The molecule has 1 aliphatic heterocycles. The minimum atomic E-state index is -1.44. The summed E-state index contributed by atoms with van der Waals surface area (Å²) < 4.78 is 9.48. The van der Waals surface area contributed by atoms with Crippen molar-refractivity contribution in [1.82, 2.24) is 0 Å². The standard InChI is InChI=1S/C7H14O6/c1-12-6-4(9)3(2-8)13-7(11)5(6)10/h3-11H,2H2,1H3/t3-,4+,5+,6-,7-/m0/s1. The van der Waals surface area contributed by atoms with Gasteiger partial charge < -0.3 is 29.9 Å². The van der Waals surface area contributed by atoms with Crippen LogP contribution < -0.4 is 0 Å². The molecule has 0 saturated carbocycles. The number of rotatable bonds is 2. The quantitative estimate of drug-likeness (QED) is 0.386. The summed E-state index contributed by atoms with van der Waals surface area (Å²) in [7, 11) is 1.30. The fourth-order valence-corrected chi connectivity index (χ4v) is 1.35. The number of ether oxygens (including phenoxy) is 2. The molecule has 0 aliphatic carbocycles. The van der Waals surface area contributed by atoms with Crippen molar-refractivity contribution < 1.29 is 29.9 Å². The second-order valence-corrected chi connectivity index (χ2v) is 2.93. The Labute approximate surface area is 75.3 Å². The Bertz CT molecular complexity index is 163. The van der Waals surface area contributed by atoms with Crippen LogP contribution in [0.2, 0.25) is 0 Å². The van der Waals surface area contributed by atoms with Crippen molar-refractivity contribution in [2.75, 3.05) is 13.7 Å². The third kappa shape index (κ3) is 1.98. The molecule has 0 bridgehead atoms. The minimum absolute atomic E-state index is 0.440. The van der Waals surface area contributed by atoms with E-state index in [2.05, 4.69) is 0 Å². The van der Waals surface area contributed by atoms with Gasteiger partial charge in [0.15, 0.2) is 6.29 Å². The molecule has 1 rings (SSSR count). The van der Waals surface area contributed by atoms with E-state index in [1.165, 1.54) is 7.11 Å². The van der Waals surface area contributed by atoms with Crippen LogP contribution in [0.5, 0.6) is 0 Å². The molecule has 13 heavy (non-hydrogen) atoms. The van der Waals surface area contributed by atoms with Crippen LogP contribution in [-0.2, 0) is 9.47 Å². The van der Waals surface area contributed by atoms with Gasteiger partial charge in [0, 0.05) is 7.11 Å². The van der Waals surface area contributed by atoms with E-state index in [9.17, 15) is 10.2 Å². The maximum Gasteiger partial charge on any atom is 0.184 e. The smallest absolute Gasteiger partial charge is 0.184 e. The zero-order valence-corrected chi connectivity index (χ0v) is 7.20. The number of methoxy groups -OCH3 is 1. The first-order valence-electron chi connectivity index (χ1n) is 3.95. The van der Waals surface area contributed by atoms with E-state index in [0.717, 1.165) is 0 Å². The summed E-state index contributed by atoms with van der Waals surface area (Å²) in [4.78, 5) is 0. The maximum atomic E-state index is 9.44. The molecule has 1 aliphatic rings. The SMILES string of the molecule is CO[C@@H]1[C@@H](O)[C@@H](O)O[C@@H](CO)[C@H]1O. The Balaban J connectivity index is 2.69. The molecule has 0 spiro atoms. The van der Waals surface area contributed by atoms with Gasteiger partial charge in [-0.2, -0.15) is 0 Å². The summed E-state index contributed by atoms with van der Waals surface area (Å²) in [6, 6.07) is 0. The fraction of sp³-hybridized carbons (Fsp3) is 1.00. The highest BCUT2D eigenvalue weighted by molar-refractivity contribution is 4.89. The zero-order chi connectivity index (χ0) is 10.0. The highest BCUT2D eigenvalue weighted by Gasteiger charge is 2.43. The van der Waals surface area contributed by atoms with Crippen molar-refractivity contribution in [3.63, 3.8) is 0 Å². The molecule has 1 saturated heterocycles. The van der Waals surface area contributed by atoms with E-state index in [-0.39, 0.29) is 0 Å². The van der Waals surface area contributed by atoms with Crippen molar-refractivity contribution >= 4 is 0 Å². The van der Waals surface area contributed by atoms with Crippen LogP contribution in [0.1, 0.15) is 0 Å². The lowest BCUT2D eigenvalue weighted by Crippen LogP contribution is -2.59. The summed E-state index contributed by atoms with van der Waals surface area (Å²) in [6.07, 6.45) is -5.76. The molecule has 0 aromatic heterocycles. The van der Waals surface area contributed by atoms with Crippen molar-refractivity contribution in [2.24, 2.45) is 0 Å². The maximum absolute atomic E-state index is 9.44. The van der Waals surface area contributed by atoms with E-state index >= 15 is 0 Å². The topological polar surface area (TPSA) is 99.4 Å². The summed E-state index contributed by atoms with van der Waals surface area (Å²) in [6.45, 7) is -0.440. The summed E-state index contributed by atoms with van der Waals surface area (Å²) in [5.74, 6) is 0. The average Bonchev–Trinajstić information content (AvgIpc) is 2.12. The number of aliphatic hydroxyl groups is 4. The van der Waals surface area contributed by atoms with E-state index in [1.54, 1.807) is 0 Å². The molecule has 0 unspecified atom stereocenters. The summed E-state index contributed by atoms with van der Waals surface area (Å²) in [5, 5.41) is 36.6. The monoisotopic (exact) mass is 194 g/mol. The van der Waals surface area contributed by atoms with Crippen LogP contribution in [0.15, 0.2) is 0 Å². The average molecular weight is 194 g/mol. The zero-order valence-electron chi connectivity index (χ0n) is 7.20. The predicted octanol–water partition coefficient (Wildman–Crippen LogP) is -2.57. The van der Waals surface area contributed by atoms with E-state index in [4.69, 9.17) is 19.7 Å². The summed E-state index contributed by atoms with van der Waals surface area (Å²) >= 11 is 0. The van der Waals surface area contributed by atoms with Gasteiger partial charge in [-0.3, -0.25) is 0 Å². The molecule has 6 nitrogen and oxygen atoms in total. The third-order valence-corrected chi connectivity index (χ3v) is 2.11. The van der Waals surface area contributed by atoms with Crippen molar-refractivity contribution in [3.8, 4) is 0 Å². The Morgan fingerprint density at radius 2 is 1.85 bits per heavy atom. The first-order valence-corrected chi connectivity index (χ1v) is 3.95. The first kappa shape index (κ1) is 10.8. The normalized spacial score (nSPS) is 46.4. The van der Waals surface area contributed by atoms with Gasteiger partial charge in [0.1, 0.15) is 24.4 Å². The molecule has 4 N–H and O–H groups in total. The Kier molecular flexibility index (Phi) is 3.60. The Hall–Kier alpha value is -0.240. The molecule has 6 heteroatoms. The van der Waals surface area contributed by atoms with Gasteiger partial charge in [-0.15, -0.1) is 0 Å². The van der Waals surface area contributed by atoms with E-state index < -0.39 is 37.3 Å². The van der Waals surface area contributed by atoms with Crippen LogP contribution >= 0.6 is 0 Å². The predicted molar refractivity (Wildman–Crippen MR) is 40.8 cm³/mol. The number of hydrogen-bond acceptors (Lipinski definition) is 6. The van der Waals surface area contributed by atoms with Crippen molar-refractivity contribution in [2.45, 2.75) is 30.7 Å². The van der Waals surface area contributed by atoms with Crippen LogP contribution in [0.25, 0.3) is 0 Å². The second kappa shape index (κ2) is 4.32. The van der Waals surface area contributed by atoms with Gasteiger partial charge >= 0.3 is 0 Å². The first-order chi connectivity index (χ1) is 6.11. The molecular formula is C7H14O6. The van der Waals surface area contributed by atoms with Gasteiger partial charge in [-0.1, -0.05) is 0 Å². The highest BCUT2D eigenvalue weighted by atomic mass is 16.6. The number of aliphatic hydroxyl groups excluding tert-OH is 4. The molecule has 1 heterocycles. The molecule has 78 valence electrons. The Morgan fingerprint density at radius 3 is 2.31 bits per heavy atom. The lowest BCUT2D eigenvalue weighted by Gasteiger charge is -2.39. The minimum Gasteiger partial charge on any atom is -0.394 e. The highest BCUT2D eigenvalue weighted by Crippen LogP contribution is 2.21. The van der Waals surface area contributed by atoms with Gasteiger partial charge in [0.25, 0.3) is 0 Å². The van der Waals surface area contributed by atoms with Gasteiger partial charge in [-0.25, -0.2) is 0 Å². The number of hydrogen-bond donors (Lipinski definition) is 4. The lowest BCUT2D eigenvalue weighted by molar-refractivity contribution is -0.290. The van der Waals surface area contributed by atoms with Crippen LogP contribution in [0, 0.1) is 0 Å². The van der Waals surface area contributed by atoms with Crippen LogP contribution in [0.3, 0.4) is 0 Å². The molecule has 0 aromatic rings. The molecule has 5 atom stereocenters. The van der Waals surface area contributed by atoms with Gasteiger partial charge in [0.2, 0.25) is 0 Å². The van der Waals surface area contributed by atoms with Gasteiger partial charge in [-0.05, 0) is 0 Å². The molecule has 1 fully saturated rings. The van der Waals surface area contributed by atoms with E-state index in [0.29, 0.717) is 0 Å². The van der Waals surface area contributed by atoms with E-state index in [1.807, 2.05) is 0 Å². The van der Waals surface area contributed by atoms with Crippen molar-refractivity contribution in [3.05, 3.63) is 0 Å². The molecule has 0 aromatic carbocycles. The Morgan fingerprint density at radius 1 is 1.23 bits per heavy atom. The largest absolute Gasteiger partial charge is 0.394 e. The molecule has 0 amide bonds. The van der Waals surface area contributed by atoms with Crippen molar-refractivity contribution in [1.29, 1.82) is 0 Å². The third-order valence-electron chi connectivity index (χ3n) is 2.11.